The average Bonchev–Trinajstić information content (AvgIpc) is 2.64. The highest BCUT2D eigenvalue weighted by molar-refractivity contribution is 9.10. The van der Waals surface area contributed by atoms with Crippen LogP contribution < -0.4 is 10.1 Å². The van der Waals surface area contributed by atoms with E-state index in [1.54, 1.807) is 6.92 Å². The second-order valence-electron chi connectivity index (χ2n) is 4.84. The van der Waals surface area contributed by atoms with Crippen LogP contribution in [0.4, 0.5) is 4.79 Å². The first kappa shape index (κ1) is 14.8. The van der Waals surface area contributed by atoms with Gasteiger partial charge in [0.1, 0.15) is 17.9 Å². The van der Waals surface area contributed by atoms with Gasteiger partial charge in [0.2, 0.25) is 0 Å². The SMILES string of the molecule is CCC1(C)C(=O)NC(=O)N1CCOc1ccc(Br)cc1. The highest BCUT2D eigenvalue weighted by Crippen LogP contribution is 2.25. The Morgan fingerprint density at radius 2 is 1.95 bits per heavy atom. The molecular weight excluding hydrogens is 324 g/mol. The molecule has 2 rings (SSSR count). The van der Waals surface area contributed by atoms with Crippen molar-refractivity contribution >= 4 is 27.9 Å². The maximum Gasteiger partial charge on any atom is 0.325 e. The smallest absolute Gasteiger partial charge is 0.325 e. The van der Waals surface area contributed by atoms with Gasteiger partial charge < -0.3 is 9.64 Å². The van der Waals surface area contributed by atoms with Crippen LogP contribution in [-0.4, -0.2) is 35.5 Å². The molecule has 0 spiro atoms. The third kappa shape index (κ3) is 2.80. The highest BCUT2D eigenvalue weighted by Gasteiger charge is 2.47. The highest BCUT2D eigenvalue weighted by atomic mass is 79.9. The van der Waals surface area contributed by atoms with Crippen molar-refractivity contribution in [3.63, 3.8) is 0 Å². The van der Waals surface area contributed by atoms with Crippen LogP contribution in [0.15, 0.2) is 28.7 Å². The number of nitrogens with one attached hydrogen (secondary N) is 1. The number of hydrogen-bond donors (Lipinski definition) is 1. The first-order valence-electron chi connectivity index (χ1n) is 6.49. The van der Waals surface area contributed by atoms with Crippen molar-refractivity contribution in [2.24, 2.45) is 0 Å². The molecule has 0 aromatic heterocycles. The second kappa shape index (κ2) is 5.83. The molecule has 1 fully saturated rings. The van der Waals surface area contributed by atoms with Crippen LogP contribution in [0.25, 0.3) is 0 Å². The van der Waals surface area contributed by atoms with Gasteiger partial charge in [-0.15, -0.1) is 0 Å². The number of ether oxygens (including phenoxy) is 1. The Bertz CT molecular complexity index is 518. The minimum atomic E-state index is -0.778. The van der Waals surface area contributed by atoms with Crippen molar-refractivity contribution in [3.05, 3.63) is 28.7 Å². The number of nitrogens with zero attached hydrogens (tertiary/aromatic N) is 1. The summed E-state index contributed by atoms with van der Waals surface area (Å²) in [5, 5.41) is 2.35. The minimum Gasteiger partial charge on any atom is -0.492 e. The molecule has 1 unspecified atom stereocenters. The molecule has 6 heteroatoms. The van der Waals surface area contributed by atoms with E-state index in [0.717, 1.165) is 10.2 Å². The molecule has 108 valence electrons. The first-order valence-corrected chi connectivity index (χ1v) is 7.28. The van der Waals surface area contributed by atoms with E-state index >= 15 is 0 Å². The lowest BCUT2D eigenvalue weighted by Crippen LogP contribution is -2.48. The Morgan fingerprint density at radius 1 is 1.30 bits per heavy atom. The lowest BCUT2D eigenvalue weighted by atomic mass is 9.97. The molecule has 0 saturated carbocycles. The summed E-state index contributed by atoms with van der Waals surface area (Å²) in [6.45, 7) is 4.38. The zero-order valence-electron chi connectivity index (χ0n) is 11.5. The van der Waals surface area contributed by atoms with Crippen molar-refractivity contribution in [3.8, 4) is 5.75 Å². The molecule has 1 atom stereocenters. The summed E-state index contributed by atoms with van der Waals surface area (Å²) in [7, 11) is 0. The zero-order valence-corrected chi connectivity index (χ0v) is 13.1. The number of urea groups is 1. The van der Waals surface area contributed by atoms with E-state index in [1.807, 2.05) is 31.2 Å². The van der Waals surface area contributed by atoms with E-state index in [2.05, 4.69) is 21.2 Å². The van der Waals surface area contributed by atoms with Gasteiger partial charge in [0.15, 0.2) is 0 Å². The lowest BCUT2D eigenvalue weighted by molar-refractivity contribution is -0.126. The van der Waals surface area contributed by atoms with Crippen LogP contribution in [-0.2, 0) is 4.79 Å². The van der Waals surface area contributed by atoms with Gasteiger partial charge in [0, 0.05) is 4.47 Å². The second-order valence-corrected chi connectivity index (χ2v) is 5.76. The van der Waals surface area contributed by atoms with E-state index in [0.29, 0.717) is 19.6 Å². The van der Waals surface area contributed by atoms with Gasteiger partial charge in [-0.25, -0.2) is 4.79 Å². The van der Waals surface area contributed by atoms with Crippen molar-refractivity contribution in [1.82, 2.24) is 10.2 Å². The maximum absolute atomic E-state index is 11.8. The molecule has 1 N–H and O–H groups in total. The molecule has 20 heavy (non-hydrogen) atoms. The molecule has 1 aliphatic heterocycles. The van der Waals surface area contributed by atoms with E-state index in [4.69, 9.17) is 4.74 Å². The summed E-state index contributed by atoms with van der Waals surface area (Å²) in [5.74, 6) is 0.492. The number of carbonyl (C=O) groups is 2. The molecule has 1 aromatic carbocycles. The van der Waals surface area contributed by atoms with Crippen LogP contribution in [0.2, 0.25) is 0 Å². The van der Waals surface area contributed by atoms with Gasteiger partial charge in [0.05, 0.1) is 6.54 Å². The van der Waals surface area contributed by atoms with E-state index in [-0.39, 0.29) is 11.9 Å². The average molecular weight is 341 g/mol. The number of carbonyl (C=O) groups excluding carboxylic acids is 2. The predicted octanol–water partition coefficient (Wildman–Crippen LogP) is 2.55. The first-order chi connectivity index (χ1) is 9.47. The van der Waals surface area contributed by atoms with Crippen LogP contribution in [0.1, 0.15) is 20.3 Å². The molecule has 5 nitrogen and oxygen atoms in total. The van der Waals surface area contributed by atoms with Gasteiger partial charge in [0.25, 0.3) is 5.91 Å². The molecular formula is C14H17BrN2O3. The monoisotopic (exact) mass is 340 g/mol. The number of rotatable bonds is 5. The molecule has 1 saturated heterocycles. The normalized spacial score (nSPS) is 22.1. The third-order valence-corrected chi connectivity index (χ3v) is 4.16. The van der Waals surface area contributed by atoms with E-state index in [1.165, 1.54) is 4.90 Å². The molecule has 1 heterocycles. The number of halogens is 1. The summed E-state index contributed by atoms with van der Waals surface area (Å²) >= 11 is 3.35. The number of amides is 3. The Kier molecular flexibility index (Phi) is 4.32. The van der Waals surface area contributed by atoms with Gasteiger partial charge in [-0.3, -0.25) is 10.1 Å². The minimum absolute atomic E-state index is 0.242. The Hall–Kier alpha value is -1.56. The third-order valence-electron chi connectivity index (χ3n) is 3.64. The predicted molar refractivity (Wildman–Crippen MR) is 78.6 cm³/mol. The van der Waals surface area contributed by atoms with E-state index in [9.17, 15) is 9.59 Å². The van der Waals surface area contributed by atoms with Crippen molar-refractivity contribution in [2.45, 2.75) is 25.8 Å². The van der Waals surface area contributed by atoms with Gasteiger partial charge >= 0.3 is 6.03 Å². The summed E-state index contributed by atoms with van der Waals surface area (Å²) in [4.78, 5) is 25.1. The van der Waals surface area contributed by atoms with Crippen LogP contribution in [0.5, 0.6) is 5.75 Å². The van der Waals surface area contributed by atoms with Crippen molar-refractivity contribution < 1.29 is 14.3 Å². The summed E-state index contributed by atoms with van der Waals surface area (Å²) in [6, 6.07) is 7.12. The Labute approximate surface area is 126 Å². The quantitative estimate of drug-likeness (QED) is 0.838. The van der Waals surface area contributed by atoms with Crippen molar-refractivity contribution in [2.75, 3.05) is 13.2 Å². The number of imide groups is 1. The molecule has 0 aliphatic carbocycles. The van der Waals surface area contributed by atoms with Gasteiger partial charge in [-0.05, 0) is 37.6 Å². The maximum atomic E-state index is 11.8. The van der Waals surface area contributed by atoms with Gasteiger partial charge in [-0.1, -0.05) is 22.9 Å². The summed E-state index contributed by atoms with van der Waals surface area (Å²) in [5.41, 5.74) is -0.778. The molecule has 1 aromatic rings. The standard InChI is InChI=1S/C14H17BrN2O3/c1-3-14(2)12(18)16-13(19)17(14)8-9-20-11-6-4-10(15)5-7-11/h4-7H,3,8-9H2,1-2H3,(H,16,18,19). The summed E-state index contributed by atoms with van der Waals surface area (Å²) in [6.07, 6.45) is 0.572. The topological polar surface area (TPSA) is 58.6 Å². The largest absolute Gasteiger partial charge is 0.492 e. The van der Waals surface area contributed by atoms with Crippen LogP contribution in [0, 0.1) is 0 Å². The number of benzene rings is 1. The van der Waals surface area contributed by atoms with Crippen LogP contribution >= 0.6 is 15.9 Å². The van der Waals surface area contributed by atoms with E-state index < -0.39 is 5.54 Å². The zero-order chi connectivity index (χ0) is 14.8. The fourth-order valence-electron chi connectivity index (χ4n) is 2.13. The molecule has 3 amide bonds. The molecule has 0 bridgehead atoms. The fourth-order valence-corrected chi connectivity index (χ4v) is 2.40. The summed E-state index contributed by atoms with van der Waals surface area (Å²) < 4.78 is 6.57. The lowest BCUT2D eigenvalue weighted by Gasteiger charge is -2.30. The fraction of sp³-hybridized carbons (Fsp3) is 0.429. The van der Waals surface area contributed by atoms with Crippen molar-refractivity contribution in [1.29, 1.82) is 0 Å². The Balaban J connectivity index is 1.94. The Morgan fingerprint density at radius 3 is 2.55 bits per heavy atom. The van der Waals surface area contributed by atoms with Gasteiger partial charge in [-0.2, -0.15) is 0 Å². The molecule has 1 aliphatic rings. The number of hydrogen-bond acceptors (Lipinski definition) is 3. The van der Waals surface area contributed by atoms with Crippen LogP contribution in [0.3, 0.4) is 0 Å². The molecule has 0 radical (unpaired) electrons.